The number of hydrogen-bond donors (Lipinski definition) is 1. The predicted molar refractivity (Wildman–Crippen MR) is 224 cm³/mol. The van der Waals surface area contributed by atoms with E-state index in [0.29, 0.717) is 12.8 Å². The van der Waals surface area contributed by atoms with Gasteiger partial charge in [-0.15, -0.1) is 0 Å². The standard InChI is InChI=1S/C47H86O5/c1-3-5-7-9-11-13-15-17-19-21-22-23-24-26-27-29-31-33-35-37-39-41-46(49)51-44-45(43-48)52-47(50)42-40-38-36-34-32-30-28-25-20-18-16-14-12-10-8-6-4-2/h12,14,18,20,28,30,45,48H,3-11,13,15-17,19,21-27,29,31-44H2,1-2H3/b14-12+,20-18+,30-28+/t45-/m0/s1. The summed E-state index contributed by atoms with van der Waals surface area (Å²) in [5.74, 6) is -0.607. The Bertz CT molecular complexity index is 832. The Morgan fingerprint density at radius 1 is 0.442 bits per heavy atom. The van der Waals surface area contributed by atoms with Gasteiger partial charge in [0.15, 0.2) is 6.10 Å². The van der Waals surface area contributed by atoms with Crippen molar-refractivity contribution in [2.24, 2.45) is 0 Å². The molecule has 0 aromatic heterocycles. The molecule has 0 radical (unpaired) electrons. The van der Waals surface area contributed by atoms with Gasteiger partial charge in [0, 0.05) is 12.8 Å². The minimum absolute atomic E-state index is 0.0718. The highest BCUT2D eigenvalue weighted by Crippen LogP contribution is 2.16. The van der Waals surface area contributed by atoms with E-state index in [4.69, 9.17) is 9.47 Å². The molecule has 5 nitrogen and oxygen atoms in total. The van der Waals surface area contributed by atoms with Gasteiger partial charge in [0.1, 0.15) is 6.61 Å². The third-order valence-corrected chi connectivity index (χ3v) is 9.94. The molecule has 1 N–H and O–H groups in total. The summed E-state index contributed by atoms with van der Waals surface area (Å²) in [6.45, 7) is 4.11. The molecule has 0 aliphatic carbocycles. The molecule has 1 atom stereocenters. The fourth-order valence-electron chi connectivity index (χ4n) is 6.50. The summed E-state index contributed by atoms with van der Waals surface area (Å²) >= 11 is 0. The Labute approximate surface area is 323 Å². The van der Waals surface area contributed by atoms with Gasteiger partial charge in [-0.05, 0) is 51.4 Å². The first kappa shape index (κ1) is 50.1. The lowest BCUT2D eigenvalue weighted by Gasteiger charge is -2.15. The predicted octanol–water partition coefficient (Wildman–Crippen LogP) is 14.4. The fraction of sp³-hybridized carbons (Fsp3) is 0.830. The van der Waals surface area contributed by atoms with Gasteiger partial charge in [-0.1, -0.05) is 204 Å². The normalized spacial score (nSPS) is 12.4. The van der Waals surface area contributed by atoms with E-state index in [2.05, 4.69) is 50.3 Å². The monoisotopic (exact) mass is 731 g/mol. The van der Waals surface area contributed by atoms with Crippen LogP contribution in [0.1, 0.15) is 232 Å². The van der Waals surface area contributed by atoms with Crippen LogP contribution in [0.15, 0.2) is 36.5 Å². The van der Waals surface area contributed by atoms with Gasteiger partial charge in [0.25, 0.3) is 0 Å². The number of rotatable bonds is 41. The number of carbonyl (C=O) groups excluding carboxylic acids is 2. The van der Waals surface area contributed by atoms with Crippen LogP contribution in [0.5, 0.6) is 0 Å². The van der Waals surface area contributed by atoms with E-state index >= 15 is 0 Å². The highest BCUT2D eigenvalue weighted by atomic mass is 16.6. The molecule has 0 aliphatic rings. The van der Waals surface area contributed by atoms with Crippen molar-refractivity contribution in [3.05, 3.63) is 36.5 Å². The number of allylic oxidation sites excluding steroid dienone is 6. The number of aliphatic hydroxyl groups is 1. The third kappa shape index (κ3) is 40.9. The first-order valence-electron chi connectivity index (χ1n) is 22.5. The molecule has 0 saturated carbocycles. The second-order valence-electron chi connectivity index (χ2n) is 15.1. The van der Waals surface area contributed by atoms with Crippen LogP contribution in [0, 0.1) is 0 Å². The smallest absolute Gasteiger partial charge is 0.306 e. The zero-order valence-corrected chi connectivity index (χ0v) is 34.6. The van der Waals surface area contributed by atoms with Crippen molar-refractivity contribution in [1.82, 2.24) is 0 Å². The average molecular weight is 731 g/mol. The highest BCUT2D eigenvalue weighted by Gasteiger charge is 2.16. The van der Waals surface area contributed by atoms with Crippen molar-refractivity contribution < 1.29 is 24.2 Å². The van der Waals surface area contributed by atoms with E-state index in [1.165, 1.54) is 141 Å². The molecule has 0 aromatic carbocycles. The number of ether oxygens (including phenoxy) is 2. The van der Waals surface area contributed by atoms with Crippen LogP contribution in [0.4, 0.5) is 0 Å². The van der Waals surface area contributed by atoms with E-state index in [-0.39, 0.29) is 25.2 Å². The van der Waals surface area contributed by atoms with Crippen LogP contribution in [-0.2, 0) is 19.1 Å². The second-order valence-corrected chi connectivity index (χ2v) is 15.1. The molecular weight excluding hydrogens is 645 g/mol. The Hall–Kier alpha value is -1.88. The van der Waals surface area contributed by atoms with Crippen molar-refractivity contribution in [3.63, 3.8) is 0 Å². The lowest BCUT2D eigenvalue weighted by atomic mass is 10.0. The number of hydrogen-bond acceptors (Lipinski definition) is 5. The van der Waals surface area contributed by atoms with Gasteiger partial charge in [-0.25, -0.2) is 0 Å². The van der Waals surface area contributed by atoms with Gasteiger partial charge in [-0.2, -0.15) is 0 Å². The maximum Gasteiger partial charge on any atom is 0.306 e. The Balaban J connectivity index is 3.52. The van der Waals surface area contributed by atoms with Crippen molar-refractivity contribution in [2.45, 2.75) is 238 Å². The summed E-state index contributed by atoms with van der Waals surface area (Å²) in [6.07, 6.45) is 53.6. The topological polar surface area (TPSA) is 72.8 Å². The first-order chi connectivity index (χ1) is 25.6. The zero-order chi connectivity index (χ0) is 37.8. The van der Waals surface area contributed by atoms with Crippen LogP contribution >= 0.6 is 0 Å². The quantitative estimate of drug-likeness (QED) is 0.0385. The Kier molecular flexibility index (Phi) is 42.0. The highest BCUT2D eigenvalue weighted by molar-refractivity contribution is 5.70. The minimum Gasteiger partial charge on any atom is -0.462 e. The summed E-state index contributed by atoms with van der Waals surface area (Å²) < 4.78 is 10.6. The molecule has 5 heteroatoms. The SMILES string of the molecule is CCCCC/C=C/C/C=C/C/C=C/CCCCCCC(=O)O[C@@H](CO)COC(=O)CCCCCCCCCCCCCCCCCCCCCCC. The van der Waals surface area contributed by atoms with E-state index in [1.54, 1.807) is 0 Å². The molecule has 0 fully saturated rings. The number of aliphatic hydroxyl groups excluding tert-OH is 1. The summed E-state index contributed by atoms with van der Waals surface area (Å²) in [7, 11) is 0. The van der Waals surface area contributed by atoms with Crippen molar-refractivity contribution in [2.75, 3.05) is 13.2 Å². The largest absolute Gasteiger partial charge is 0.462 e. The zero-order valence-electron chi connectivity index (χ0n) is 34.6. The summed E-state index contributed by atoms with van der Waals surface area (Å²) in [4.78, 5) is 24.3. The molecular formula is C47H86O5. The van der Waals surface area contributed by atoms with Crippen molar-refractivity contribution in [3.8, 4) is 0 Å². The van der Waals surface area contributed by atoms with Crippen molar-refractivity contribution in [1.29, 1.82) is 0 Å². The minimum atomic E-state index is -0.780. The average Bonchev–Trinajstić information content (AvgIpc) is 3.15. The Morgan fingerprint density at radius 2 is 0.769 bits per heavy atom. The number of esters is 2. The van der Waals surface area contributed by atoms with Gasteiger partial charge >= 0.3 is 11.9 Å². The maximum absolute atomic E-state index is 12.2. The second kappa shape index (κ2) is 43.5. The molecule has 0 saturated heterocycles. The van der Waals surface area contributed by atoms with Gasteiger partial charge in [0.2, 0.25) is 0 Å². The first-order valence-corrected chi connectivity index (χ1v) is 22.5. The van der Waals surface area contributed by atoms with Gasteiger partial charge in [0.05, 0.1) is 6.61 Å². The number of unbranched alkanes of at least 4 members (excludes halogenated alkanes) is 27. The molecule has 304 valence electrons. The van der Waals surface area contributed by atoms with Crippen molar-refractivity contribution >= 4 is 11.9 Å². The van der Waals surface area contributed by atoms with Crippen LogP contribution in [-0.4, -0.2) is 36.4 Å². The summed E-state index contributed by atoms with van der Waals surface area (Å²) in [6, 6.07) is 0. The lowest BCUT2D eigenvalue weighted by Crippen LogP contribution is -2.28. The van der Waals surface area contributed by atoms with Crippen LogP contribution in [0.3, 0.4) is 0 Å². The molecule has 52 heavy (non-hydrogen) atoms. The third-order valence-electron chi connectivity index (χ3n) is 9.94. The fourth-order valence-corrected chi connectivity index (χ4v) is 6.50. The molecule has 0 rings (SSSR count). The molecule has 0 unspecified atom stereocenters. The summed E-state index contributed by atoms with van der Waals surface area (Å²) in [5, 5.41) is 9.58. The van der Waals surface area contributed by atoms with Crippen LogP contribution in [0.25, 0.3) is 0 Å². The number of carbonyl (C=O) groups is 2. The van der Waals surface area contributed by atoms with Gasteiger partial charge in [-0.3, -0.25) is 9.59 Å². The van der Waals surface area contributed by atoms with E-state index in [0.717, 1.165) is 64.2 Å². The molecule has 0 aliphatic heterocycles. The maximum atomic E-state index is 12.2. The van der Waals surface area contributed by atoms with E-state index in [1.807, 2.05) is 0 Å². The van der Waals surface area contributed by atoms with Gasteiger partial charge < -0.3 is 14.6 Å². The molecule has 0 amide bonds. The van der Waals surface area contributed by atoms with E-state index in [9.17, 15) is 14.7 Å². The molecule has 0 bridgehead atoms. The summed E-state index contributed by atoms with van der Waals surface area (Å²) in [5.41, 5.74) is 0. The van der Waals surface area contributed by atoms with Crippen LogP contribution < -0.4 is 0 Å². The molecule has 0 heterocycles. The lowest BCUT2D eigenvalue weighted by molar-refractivity contribution is -0.161. The Morgan fingerprint density at radius 3 is 1.19 bits per heavy atom. The van der Waals surface area contributed by atoms with E-state index < -0.39 is 6.10 Å². The molecule has 0 aromatic rings. The van der Waals surface area contributed by atoms with Crippen LogP contribution in [0.2, 0.25) is 0 Å². The molecule has 0 spiro atoms.